The van der Waals surface area contributed by atoms with Gasteiger partial charge in [0, 0.05) is 12.1 Å². The van der Waals surface area contributed by atoms with Gasteiger partial charge in [0.15, 0.2) is 0 Å². The maximum absolute atomic E-state index is 4.66. The molecule has 0 spiro atoms. The number of fused-ring (bicyclic) bond motifs is 1. The largest absolute Gasteiger partial charge is 0.369 e. The highest BCUT2D eigenvalue weighted by molar-refractivity contribution is 5.60. The van der Waals surface area contributed by atoms with Crippen molar-refractivity contribution < 1.29 is 0 Å². The van der Waals surface area contributed by atoms with E-state index in [1.54, 1.807) is 0 Å². The third kappa shape index (κ3) is 1.65. The van der Waals surface area contributed by atoms with Crippen molar-refractivity contribution in [1.29, 1.82) is 0 Å². The molecule has 0 radical (unpaired) electrons. The minimum Gasteiger partial charge on any atom is -0.369 e. The second-order valence-corrected chi connectivity index (χ2v) is 3.95. The van der Waals surface area contributed by atoms with Crippen molar-refractivity contribution in [3.63, 3.8) is 0 Å². The van der Waals surface area contributed by atoms with E-state index in [0.717, 1.165) is 42.2 Å². The van der Waals surface area contributed by atoms with Gasteiger partial charge in [-0.2, -0.15) is 0 Å². The molecule has 2 heterocycles. The minimum absolute atomic E-state index is 0.950. The molecule has 1 aromatic carbocycles. The zero-order chi connectivity index (χ0) is 10.8. The lowest BCUT2D eigenvalue weighted by atomic mass is 10.1. The maximum atomic E-state index is 4.66. The van der Waals surface area contributed by atoms with E-state index < -0.39 is 0 Å². The van der Waals surface area contributed by atoms with Crippen molar-refractivity contribution in [2.24, 2.45) is 0 Å². The Hall–Kier alpha value is -1.90. The standard InChI is InChI=1S/C13H13N3/c1-2-5-10(6-3-1)12-9-15-13-11(16-12)7-4-8-14-13/h1-3,5-6,9H,4,7-8H2,(H,14,15). The van der Waals surface area contributed by atoms with Gasteiger partial charge in [-0.3, -0.25) is 0 Å². The van der Waals surface area contributed by atoms with Gasteiger partial charge in [0.2, 0.25) is 0 Å². The van der Waals surface area contributed by atoms with Gasteiger partial charge >= 0.3 is 0 Å². The van der Waals surface area contributed by atoms with Gasteiger partial charge in [0.25, 0.3) is 0 Å². The molecular weight excluding hydrogens is 198 g/mol. The number of rotatable bonds is 1. The number of aromatic nitrogens is 2. The van der Waals surface area contributed by atoms with Crippen LogP contribution in [0.1, 0.15) is 12.1 Å². The minimum atomic E-state index is 0.950. The SMILES string of the molecule is c1ccc(-c2cnc3c(n2)CCCN3)cc1. The molecule has 3 nitrogen and oxygen atoms in total. The highest BCUT2D eigenvalue weighted by atomic mass is 15.0. The Morgan fingerprint density at radius 1 is 1.12 bits per heavy atom. The van der Waals surface area contributed by atoms with Crippen molar-refractivity contribution in [2.45, 2.75) is 12.8 Å². The van der Waals surface area contributed by atoms with Crippen molar-refractivity contribution in [2.75, 3.05) is 11.9 Å². The molecule has 2 aromatic rings. The monoisotopic (exact) mass is 211 g/mol. The van der Waals surface area contributed by atoms with E-state index in [-0.39, 0.29) is 0 Å². The van der Waals surface area contributed by atoms with Crippen LogP contribution in [0, 0.1) is 0 Å². The Bertz CT molecular complexity index is 494. The summed E-state index contributed by atoms with van der Waals surface area (Å²) in [6, 6.07) is 10.2. The molecule has 0 amide bonds. The number of nitrogens with one attached hydrogen (secondary N) is 1. The zero-order valence-corrected chi connectivity index (χ0v) is 8.98. The lowest BCUT2D eigenvalue weighted by Gasteiger charge is -2.16. The van der Waals surface area contributed by atoms with Crippen molar-refractivity contribution >= 4 is 5.82 Å². The molecule has 3 rings (SSSR count). The van der Waals surface area contributed by atoms with Crippen molar-refractivity contribution in [1.82, 2.24) is 9.97 Å². The summed E-state index contributed by atoms with van der Waals surface area (Å²) >= 11 is 0. The Morgan fingerprint density at radius 3 is 2.88 bits per heavy atom. The first-order valence-corrected chi connectivity index (χ1v) is 5.59. The first-order chi connectivity index (χ1) is 7.93. The maximum Gasteiger partial charge on any atom is 0.147 e. The van der Waals surface area contributed by atoms with E-state index in [1.807, 2.05) is 24.4 Å². The van der Waals surface area contributed by atoms with Crippen LogP contribution in [-0.4, -0.2) is 16.5 Å². The Labute approximate surface area is 94.6 Å². The number of hydrogen-bond donors (Lipinski definition) is 1. The molecule has 80 valence electrons. The molecule has 0 aliphatic carbocycles. The lowest BCUT2D eigenvalue weighted by Crippen LogP contribution is -2.14. The smallest absolute Gasteiger partial charge is 0.147 e. The molecule has 0 saturated carbocycles. The first kappa shape index (κ1) is 9.33. The number of aryl methyl sites for hydroxylation is 1. The summed E-state index contributed by atoms with van der Waals surface area (Å²) < 4.78 is 0. The molecule has 0 bridgehead atoms. The van der Waals surface area contributed by atoms with Crippen molar-refractivity contribution in [3.05, 3.63) is 42.2 Å². The van der Waals surface area contributed by atoms with E-state index >= 15 is 0 Å². The van der Waals surface area contributed by atoms with Crippen LogP contribution in [0.5, 0.6) is 0 Å². The summed E-state index contributed by atoms with van der Waals surface area (Å²) in [4.78, 5) is 9.08. The van der Waals surface area contributed by atoms with Crippen LogP contribution in [0.25, 0.3) is 11.3 Å². The van der Waals surface area contributed by atoms with E-state index in [4.69, 9.17) is 0 Å². The predicted octanol–water partition coefficient (Wildman–Crippen LogP) is 2.50. The Balaban J connectivity index is 2.03. The zero-order valence-electron chi connectivity index (χ0n) is 8.98. The molecule has 1 aliphatic heterocycles. The van der Waals surface area contributed by atoms with E-state index in [2.05, 4.69) is 27.4 Å². The third-order valence-corrected chi connectivity index (χ3v) is 2.80. The quantitative estimate of drug-likeness (QED) is 0.787. The fourth-order valence-corrected chi connectivity index (χ4v) is 1.96. The molecule has 1 aliphatic rings. The fourth-order valence-electron chi connectivity index (χ4n) is 1.96. The van der Waals surface area contributed by atoms with Gasteiger partial charge in [-0.25, -0.2) is 9.97 Å². The summed E-state index contributed by atoms with van der Waals surface area (Å²) in [7, 11) is 0. The average Bonchev–Trinajstić information content (AvgIpc) is 2.39. The molecule has 0 atom stereocenters. The van der Waals surface area contributed by atoms with Crippen LogP contribution in [-0.2, 0) is 6.42 Å². The lowest BCUT2D eigenvalue weighted by molar-refractivity contribution is 0.789. The van der Waals surface area contributed by atoms with Crippen LogP contribution in [0.3, 0.4) is 0 Å². The molecule has 0 fully saturated rings. The molecular formula is C13H13N3. The Morgan fingerprint density at radius 2 is 2.00 bits per heavy atom. The highest BCUT2D eigenvalue weighted by Crippen LogP contribution is 2.22. The van der Waals surface area contributed by atoms with Gasteiger partial charge in [0.1, 0.15) is 5.82 Å². The van der Waals surface area contributed by atoms with Crippen LogP contribution < -0.4 is 5.32 Å². The second kappa shape index (κ2) is 3.93. The van der Waals surface area contributed by atoms with E-state index in [0.29, 0.717) is 0 Å². The van der Waals surface area contributed by atoms with Crippen LogP contribution in [0.2, 0.25) is 0 Å². The van der Waals surface area contributed by atoms with Gasteiger partial charge in [0.05, 0.1) is 17.6 Å². The summed E-state index contributed by atoms with van der Waals surface area (Å²) in [6.45, 7) is 1.01. The number of benzene rings is 1. The van der Waals surface area contributed by atoms with Crippen molar-refractivity contribution in [3.8, 4) is 11.3 Å². The fraction of sp³-hybridized carbons (Fsp3) is 0.231. The van der Waals surface area contributed by atoms with Gasteiger partial charge in [-0.1, -0.05) is 30.3 Å². The first-order valence-electron chi connectivity index (χ1n) is 5.59. The van der Waals surface area contributed by atoms with E-state index in [9.17, 15) is 0 Å². The molecule has 16 heavy (non-hydrogen) atoms. The van der Waals surface area contributed by atoms with Crippen LogP contribution >= 0.6 is 0 Å². The van der Waals surface area contributed by atoms with Crippen LogP contribution in [0.15, 0.2) is 36.5 Å². The summed E-state index contributed by atoms with van der Waals surface area (Å²) in [5, 5.41) is 3.27. The van der Waals surface area contributed by atoms with E-state index in [1.165, 1.54) is 0 Å². The predicted molar refractivity (Wildman–Crippen MR) is 64.3 cm³/mol. The Kier molecular flexibility index (Phi) is 2.29. The van der Waals surface area contributed by atoms with Gasteiger partial charge < -0.3 is 5.32 Å². The number of hydrogen-bond acceptors (Lipinski definition) is 3. The summed E-state index contributed by atoms with van der Waals surface area (Å²) in [5.41, 5.74) is 3.18. The molecule has 0 saturated heterocycles. The molecule has 1 N–H and O–H groups in total. The number of anilines is 1. The molecule has 1 aromatic heterocycles. The topological polar surface area (TPSA) is 37.8 Å². The normalized spacial score (nSPS) is 14.0. The summed E-state index contributed by atoms with van der Waals surface area (Å²) in [6.07, 6.45) is 4.00. The second-order valence-electron chi connectivity index (χ2n) is 3.95. The van der Waals surface area contributed by atoms with Gasteiger partial charge in [-0.15, -0.1) is 0 Å². The number of nitrogens with zero attached hydrogens (tertiary/aromatic N) is 2. The molecule has 0 unspecified atom stereocenters. The average molecular weight is 211 g/mol. The highest BCUT2D eigenvalue weighted by Gasteiger charge is 2.12. The van der Waals surface area contributed by atoms with Crippen LogP contribution in [0.4, 0.5) is 5.82 Å². The summed E-state index contributed by atoms with van der Waals surface area (Å²) in [5.74, 6) is 0.950. The van der Waals surface area contributed by atoms with Gasteiger partial charge in [-0.05, 0) is 12.8 Å². The third-order valence-electron chi connectivity index (χ3n) is 2.80. The molecule has 3 heteroatoms.